The van der Waals surface area contributed by atoms with Gasteiger partial charge in [0, 0.05) is 37.2 Å². The summed E-state index contributed by atoms with van der Waals surface area (Å²) < 4.78 is 2.60. The molecule has 2 aliphatic rings. The molecule has 1 atom stereocenters. The second-order valence-corrected chi connectivity index (χ2v) is 18.2. The quantitative estimate of drug-likeness (QED) is 0.171. The molecule has 14 rings (SSSR count). The molecule has 0 aliphatic heterocycles. The van der Waals surface area contributed by atoms with Crippen molar-refractivity contribution in [1.29, 1.82) is 0 Å². The highest BCUT2D eigenvalue weighted by Gasteiger charge is 2.49. The molecule has 0 saturated heterocycles. The Kier molecular flexibility index (Phi) is 7.26. The summed E-state index contributed by atoms with van der Waals surface area (Å²) in [4.78, 5) is 2.49. The zero-order chi connectivity index (χ0) is 41.2. The van der Waals surface area contributed by atoms with Crippen molar-refractivity contribution in [2.45, 2.75) is 5.41 Å². The Bertz CT molecular complexity index is 3870. The van der Waals surface area contributed by atoms with E-state index in [1.807, 2.05) is 11.3 Å². The van der Waals surface area contributed by atoms with E-state index in [9.17, 15) is 0 Å². The molecule has 2 aliphatic carbocycles. The Morgan fingerprint density at radius 2 is 0.873 bits per heavy atom. The predicted octanol–water partition coefficient (Wildman–Crippen LogP) is 17.0. The maximum absolute atomic E-state index is 2.54. The summed E-state index contributed by atoms with van der Waals surface area (Å²) in [5, 5.41) is 10.3. The SMILES string of the molecule is c1ccc(-c2ccc3c4c(cccc24)C2(c4cc(N(c5ccc6ccccc6c5)c5ccc6c(c5)sc5ccccc56)ccc4-c4cccc5cccc2c45)c2ccccc2-3)cc1. The molecule has 0 amide bonds. The van der Waals surface area contributed by atoms with Gasteiger partial charge in [-0.2, -0.15) is 0 Å². The standard InChI is InChI=1S/C61H37NS/c1-2-14-39(15-3-1)45-33-34-52-46-19-6-8-23-53(46)61(55-25-12-22-50(45)60(52)55)54-24-11-18-40-17-10-21-51(59(40)54)47-31-29-43(36-56(47)61)62(42-28-27-38-13-4-5-16-41(38)35-42)44-30-32-49-48-20-7-9-26-57(48)63-58(49)37-44/h1-37H. The number of nitrogens with zero attached hydrogens (tertiary/aromatic N) is 1. The van der Waals surface area contributed by atoms with Crippen LogP contribution >= 0.6 is 11.3 Å². The third kappa shape index (κ3) is 4.82. The Morgan fingerprint density at radius 1 is 0.302 bits per heavy atom. The molecule has 1 nitrogen and oxygen atoms in total. The summed E-state index contributed by atoms with van der Waals surface area (Å²) in [6.07, 6.45) is 0. The lowest BCUT2D eigenvalue weighted by atomic mass is 9.55. The summed E-state index contributed by atoms with van der Waals surface area (Å²) in [6.45, 7) is 0. The lowest BCUT2D eigenvalue weighted by molar-refractivity contribution is 0.754. The third-order valence-corrected chi connectivity index (χ3v) is 15.2. The first-order valence-corrected chi connectivity index (χ1v) is 22.6. The molecule has 12 aromatic rings. The Morgan fingerprint density at radius 3 is 1.79 bits per heavy atom. The number of rotatable bonds is 4. The van der Waals surface area contributed by atoms with Crippen molar-refractivity contribution in [1.82, 2.24) is 0 Å². The summed E-state index contributed by atoms with van der Waals surface area (Å²) in [6, 6.07) is 84.5. The van der Waals surface area contributed by atoms with Gasteiger partial charge in [-0.15, -0.1) is 11.3 Å². The van der Waals surface area contributed by atoms with Crippen molar-refractivity contribution in [3.05, 3.63) is 247 Å². The molecule has 1 spiro atoms. The van der Waals surface area contributed by atoms with Crippen LogP contribution in [-0.2, 0) is 5.41 Å². The van der Waals surface area contributed by atoms with Crippen LogP contribution in [0.25, 0.3) is 85.9 Å². The van der Waals surface area contributed by atoms with E-state index in [-0.39, 0.29) is 0 Å². The summed E-state index contributed by atoms with van der Waals surface area (Å²) >= 11 is 1.87. The van der Waals surface area contributed by atoms with Crippen LogP contribution in [0.15, 0.2) is 224 Å². The molecule has 0 saturated carbocycles. The minimum atomic E-state index is -0.623. The van der Waals surface area contributed by atoms with Gasteiger partial charge in [0.15, 0.2) is 0 Å². The smallest absolute Gasteiger partial charge is 0.0726 e. The van der Waals surface area contributed by atoms with Gasteiger partial charge in [-0.1, -0.05) is 182 Å². The van der Waals surface area contributed by atoms with Crippen molar-refractivity contribution in [2.24, 2.45) is 0 Å². The molecular formula is C61H37NS. The molecule has 0 fully saturated rings. The van der Waals surface area contributed by atoms with Crippen LogP contribution < -0.4 is 4.90 Å². The van der Waals surface area contributed by atoms with Gasteiger partial charge >= 0.3 is 0 Å². The fourth-order valence-corrected chi connectivity index (χ4v) is 12.6. The molecule has 63 heavy (non-hydrogen) atoms. The van der Waals surface area contributed by atoms with E-state index in [0.717, 1.165) is 17.1 Å². The van der Waals surface area contributed by atoms with E-state index >= 15 is 0 Å². The van der Waals surface area contributed by atoms with Gasteiger partial charge in [-0.3, -0.25) is 0 Å². The molecule has 292 valence electrons. The number of hydrogen-bond donors (Lipinski definition) is 0. The van der Waals surface area contributed by atoms with Gasteiger partial charge in [0.25, 0.3) is 0 Å². The lowest BCUT2D eigenvalue weighted by Crippen LogP contribution is -2.36. The van der Waals surface area contributed by atoms with E-state index in [1.54, 1.807) is 0 Å². The first-order chi connectivity index (χ1) is 31.2. The second kappa shape index (κ2) is 13.1. The third-order valence-electron chi connectivity index (χ3n) is 14.0. The van der Waals surface area contributed by atoms with Gasteiger partial charge in [0.2, 0.25) is 0 Å². The van der Waals surface area contributed by atoms with Crippen LogP contribution in [-0.4, -0.2) is 0 Å². The molecule has 2 heteroatoms. The van der Waals surface area contributed by atoms with Gasteiger partial charge in [0.05, 0.1) is 5.41 Å². The van der Waals surface area contributed by atoms with Crippen LogP contribution in [0.1, 0.15) is 22.3 Å². The molecular weight excluding hydrogens is 779 g/mol. The second-order valence-electron chi connectivity index (χ2n) is 17.1. The Labute approximate surface area is 369 Å². The van der Waals surface area contributed by atoms with Crippen molar-refractivity contribution < 1.29 is 0 Å². The highest BCUT2D eigenvalue weighted by atomic mass is 32.1. The molecule has 0 N–H and O–H groups in total. The van der Waals surface area contributed by atoms with Crippen molar-refractivity contribution in [2.75, 3.05) is 4.90 Å². The number of benzene rings is 11. The molecule has 1 unspecified atom stereocenters. The molecule has 0 bridgehead atoms. The number of thiophene rings is 1. The van der Waals surface area contributed by atoms with E-state index in [2.05, 4.69) is 229 Å². The monoisotopic (exact) mass is 815 g/mol. The number of hydrogen-bond acceptors (Lipinski definition) is 2. The molecule has 11 aromatic carbocycles. The van der Waals surface area contributed by atoms with Crippen LogP contribution in [0.3, 0.4) is 0 Å². The molecule has 1 aromatic heterocycles. The lowest BCUT2D eigenvalue weighted by Gasteiger charge is -2.46. The first kappa shape index (κ1) is 34.9. The maximum Gasteiger partial charge on any atom is 0.0726 e. The van der Waals surface area contributed by atoms with E-state index in [0.29, 0.717) is 0 Å². The zero-order valence-electron chi connectivity index (χ0n) is 34.2. The van der Waals surface area contributed by atoms with Gasteiger partial charge in [0.1, 0.15) is 0 Å². The Balaban J connectivity index is 1.11. The van der Waals surface area contributed by atoms with Crippen LogP contribution in [0.2, 0.25) is 0 Å². The van der Waals surface area contributed by atoms with Gasteiger partial charge < -0.3 is 4.90 Å². The average Bonchev–Trinajstić information content (AvgIpc) is 3.72. The maximum atomic E-state index is 2.54. The first-order valence-electron chi connectivity index (χ1n) is 21.8. The number of anilines is 3. The fourth-order valence-electron chi connectivity index (χ4n) is 11.4. The zero-order valence-corrected chi connectivity index (χ0v) is 35.0. The van der Waals surface area contributed by atoms with Crippen LogP contribution in [0.5, 0.6) is 0 Å². The van der Waals surface area contributed by atoms with Gasteiger partial charge in [-0.25, -0.2) is 0 Å². The topological polar surface area (TPSA) is 3.24 Å². The average molecular weight is 816 g/mol. The summed E-state index contributed by atoms with van der Waals surface area (Å²) in [5.41, 5.74) is 15.7. The van der Waals surface area contributed by atoms with Crippen molar-refractivity contribution in [3.8, 4) is 33.4 Å². The highest BCUT2D eigenvalue weighted by Crippen LogP contribution is 2.62. The number of fused-ring (bicyclic) bond motifs is 12. The van der Waals surface area contributed by atoms with E-state index in [1.165, 1.54) is 108 Å². The summed E-state index contributed by atoms with van der Waals surface area (Å²) in [5.74, 6) is 0. The van der Waals surface area contributed by atoms with Crippen LogP contribution in [0.4, 0.5) is 17.1 Å². The van der Waals surface area contributed by atoms with Gasteiger partial charge in [-0.05, 0) is 130 Å². The Hall–Kier alpha value is -7.78. The van der Waals surface area contributed by atoms with E-state index < -0.39 is 5.41 Å². The fraction of sp³-hybridized carbons (Fsp3) is 0.0164. The molecule has 1 heterocycles. The molecule has 0 radical (unpaired) electrons. The van der Waals surface area contributed by atoms with E-state index in [4.69, 9.17) is 0 Å². The summed E-state index contributed by atoms with van der Waals surface area (Å²) in [7, 11) is 0. The van der Waals surface area contributed by atoms with Crippen molar-refractivity contribution >= 4 is 80.9 Å². The normalized spacial score (nSPS) is 14.7. The largest absolute Gasteiger partial charge is 0.310 e. The van der Waals surface area contributed by atoms with Crippen LogP contribution in [0, 0.1) is 0 Å². The predicted molar refractivity (Wildman–Crippen MR) is 268 cm³/mol. The highest BCUT2D eigenvalue weighted by molar-refractivity contribution is 7.25. The minimum Gasteiger partial charge on any atom is -0.310 e. The minimum absolute atomic E-state index is 0.623. The van der Waals surface area contributed by atoms with Crippen molar-refractivity contribution in [3.63, 3.8) is 0 Å².